The maximum absolute atomic E-state index is 11.9. The van der Waals surface area contributed by atoms with Crippen LogP contribution in [0.25, 0.3) is 0 Å². The lowest BCUT2D eigenvalue weighted by molar-refractivity contribution is -0.131. The lowest BCUT2D eigenvalue weighted by atomic mass is 10.1. The van der Waals surface area contributed by atoms with Crippen LogP contribution >= 0.6 is 0 Å². The monoisotopic (exact) mass is 285 g/mol. The van der Waals surface area contributed by atoms with E-state index in [1.807, 2.05) is 20.8 Å². The Kier molecular flexibility index (Phi) is 5.39. The first-order valence-electron chi connectivity index (χ1n) is 7.08. The predicted octanol–water partition coefficient (Wildman–Crippen LogP) is 1.05. The zero-order valence-corrected chi connectivity index (χ0v) is 13.2. The molecular weight excluding hydrogens is 258 g/mol. The van der Waals surface area contributed by atoms with Gasteiger partial charge in [0.05, 0.1) is 6.04 Å². The van der Waals surface area contributed by atoms with Gasteiger partial charge in [-0.25, -0.2) is 4.79 Å². The van der Waals surface area contributed by atoms with Crippen LogP contribution in [0.3, 0.4) is 0 Å². The highest BCUT2D eigenvalue weighted by Crippen LogP contribution is 2.19. The van der Waals surface area contributed by atoms with Gasteiger partial charge in [-0.05, 0) is 40.0 Å². The van der Waals surface area contributed by atoms with E-state index in [9.17, 15) is 9.59 Å². The van der Waals surface area contributed by atoms with Gasteiger partial charge in [-0.3, -0.25) is 4.79 Å². The maximum Gasteiger partial charge on any atom is 0.410 e. The van der Waals surface area contributed by atoms with E-state index < -0.39 is 11.6 Å². The summed E-state index contributed by atoms with van der Waals surface area (Å²) in [5.41, 5.74) is 5.12. The van der Waals surface area contributed by atoms with Crippen LogP contribution in [0.1, 0.15) is 34.1 Å². The molecule has 0 saturated carbocycles. The summed E-state index contributed by atoms with van der Waals surface area (Å²) in [5.74, 6) is 0.266. The summed E-state index contributed by atoms with van der Waals surface area (Å²) in [6.07, 6.45) is 0.570. The largest absolute Gasteiger partial charge is 0.444 e. The maximum atomic E-state index is 11.9. The molecular formula is C14H27N3O3. The van der Waals surface area contributed by atoms with Crippen molar-refractivity contribution in [1.29, 1.82) is 0 Å². The molecule has 2 N–H and O–H groups in total. The molecule has 6 heteroatoms. The second-order valence-corrected chi connectivity index (χ2v) is 6.59. The Bertz CT molecular complexity index is 363. The number of likely N-dealkylation sites (tertiary alicyclic amines) is 1. The van der Waals surface area contributed by atoms with Crippen LogP contribution in [0.4, 0.5) is 4.79 Å². The van der Waals surface area contributed by atoms with Crippen LogP contribution in [-0.2, 0) is 9.53 Å². The molecule has 0 aromatic heterocycles. The fourth-order valence-electron chi connectivity index (χ4n) is 2.27. The van der Waals surface area contributed by atoms with Crippen LogP contribution in [0.2, 0.25) is 0 Å². The molecule has 0 bridgehead atoms. The number of nitrogens with two attached hydrogens (primary N) is 1. The average molecular weight is 285 g/mol. The molecule has 2 unspecified atom stereocenters. The fraction of sp³-hybridized carbons (Fsp3) is 0.857. The molecule has 6 nitrogen and oxygen atoms in total. The third-order valence-corrected chi connectivity index (χ3v) is 3.22. The number of amides is 2. The molecule has 1 aliphatic rings. The Morgan fingerprint density at radius 3 is 2.55 bits per heavy atom. The zero-order chi connectivity index (χ0) is 15.5. The van der Waals surface area contributed by atoms with Gasteiger partial charge < -0.3 is 20.3 Å². The van der Waals surface area contributed by atoms with E-state index in [0.717, 1.165) is 6.42 Å². The van der Waals surface area contributed by atoms with E-state index >= 15 is 0 Å². The van der Waals surface area contributed by atoms with E-state index in [-0.39, 0.29) is 17.9 Å². The number of ether oxygens (including phenoxy) is 1. The second kappa shape index (κ2) is 6.43. The molecule has 0 aromatic carbocycles. The van der Waals surface area contributed by atoms with Gasteiger partial charge in [0.2, 0.25) is 5.91 Å². The van der Waals surface area contributed by atoms with E-state index in [1.54, 1.807) is 23.8 Å². The number of rotatable bonds is 3. The molecule has 1 saturated heterocycles. The van der Waals surface area contributed by atoms with Gasteiger partial charge in [0, 0.05) is 26.7 Å². The summed E-state index contributed by atoms with van der Waals surface area (Å²) in [7, 11) is 1.73. The van der Waals surface area contributed by atoms with Crippen molar-refractivity contribution in [2.24, 2.45) is 11.7 Å². The van der Waals surface area contributed by atoms with Crippen molar-refractivity contribution in [3.8, 4) is 0 Å². The van der Waals surface area contributed by atoms with Gasteiger partial charge in [-0.2, -0.15) is 0 Å². The average Bonchev–Trinajstić information content (AvgIpc) is 2.73. The number of nitrogens with zero attached hydrogens (tertiary/aromatic N) is 2. The third-order valence-electron chi connectivity index (χ3n) is 3.22. The number of carbonyl (C=O) groups excluding carboxylic acids is 2. The zero-order valence-electron chi connectivity index (χ0n) is 13.2. The Morgan fingerprint density at radius 1 is 1.45 bits per heavy atom. The standard InChI is InChI=1S/C14H27N3O3/c1-10(15)12(18)17-7-6-11(9-17)8-16(5)13(19)20-14(2,3)4/h10-11H,6-9,15H2,1-5H3. The lowest BCUT2D eigenvalue weighted by Crippen LogP contribution is -2.42. The summed E-state index contributed by atoms with van der Waals surface area (Å²) in [5, 5.41) is 0. The first-order valence-corrected chi connectivity index (χ1v) is 7.08. The first kappa shape index (κ1) is 16.8. The molecule has 2 amide bonds. The first-order chi connectivity index (χ1) is 9.10. The minimum atomic E-state index is -0.488. The molecule has 20 heavy (non-hydrogen) atoms. The van der Waals surface area contributed by atoms with Gasteiger partial charge >= 0.3 is 6.09 Å². The Balaban J connectivity index is 2.43. The van der Waals surface area contributed by atoms with Gasteiger partial charge in [0.15, 0.2) is 0 Å². The van der Waals surface area contributed by atoms with Crippen LogP contribution in [0.5, 0.6) is 0 Å². The van der Waals surface area contributed by atoms with Crippen molar-refractivity contribution < 1.29 is 14.3 Å². The molecule has 0 spiro atoms. The summed E-state index contributed by atoms with van der Waals surface area (Å²) in [6, 6.07) is -0.461. The van der Waals surface area contributed by atoms with Gasteiger partial charge in [-0.15, -0.1) is 0 Å². The summed E-state index contributed by atoms with van der Waals surface area (Å²) < 4.78 is 5.31. The molecule has 0 aromatic rings. The fourth-order valence-corrected chi connectivity index (χ4v) is 2.27. The van der Waals surface area contributed by atoms with Crippen molar-refractivity contribution >= 4 is 12.0 Å². The molecule has 1 fully saturated rings. The Hall–Kier alpha value is -1.30. The predicted molar refractivity (Wildman–Crippen MR) is 77.2 cm³/mol. The number of hydrogen-bond donors (Lipinski definition) is 1. The Morgan fingerprint density at radius 2 is 2.05 bits per heavy atom. The van der Waals surface area contributed by atoms with E-state index in [0.29, 0.717) is 19.6 Å². The quantitative estimate of drug-likeness (QED) is 0.841. The van der Waals surface area contributed by atoms with Crippen molar-refractivity contribution in [2.75, 3.05) is 26.7 Å². The van der Waals surface area contributed by atoms with E-state index in [1.165, 1.54) is 0 Å². The molecule has 116 valence electrons. The molecule has 0 aliphatic carbocycles. The molecule has 1 rings (SSSR count). The van der Waals surface area contributed by atoms with E-state index in [2.05, 4.69) is 0 Å². The smallest absolute Gasteiger partial charge is 0.410 e. The number of hydrogen-bond acceptors (Lipinski definition) is 4. The van der Waals surface area contributed by atoms with Crippen molar-refractivity contribution in [3.63, 3.8) is 0 Å². The summed E-state index contributed by atoms with van der Waals surface area (Å²) in [4.78, 5) is 27.0. The van der Waals surface area contributed by atoms with Crippen LogP contribution in [-0.4, -0.2) is 60.1 Å². The lowest BCUT2D eigenvalue weighted by Gasteiger charge is -2.26. The minimum Gasteiger partial charge on any atom is -0.444 e. The molecule has 1 aliphatic heterocycles. The SMILES string of the molecule is CC(N)C(=O)N1CCC(CN(C)C(=O)OC(C)(C)C)C1. The molecule has 2 atom stereocenters. The van der Waals surface area contributed by atoms with Crippen molar-refractivity contribution in [2.45, 2.75) is 45.8 Å². The Labute approximate surface area is 121 Å². The summed E-state index contributed by atoms with van der Waals surface area (Å²) in [6.45, 7) is 9.20. The topological polar surface area (TPSA) is 75.9 Å². The van der Waals surface area contributed by atoms with Crippen LogP contribution in [0.15, 0.2) is 0 Å². The highest BCUT2D eigenvalue weighted by Gasteiger charge is 2.30. The van der Waals surface area contributed by atoms with Gasteiger partial charge in [-0.1, -0.05) is 0 Å². The second-order valence-electron chi connectivity index (χ2n) is 6.59. The van der Waals surface area contributed by atoms with Crippen molar-refractivity contribution in [1.82, 2.24) is 9.80 Å². The van der Waals surface area contributed by atoms with Gasteiger partial charge in [0.1, 0.15) is 5.60 Å². The summed E-state index contributed by atoms with van der Waals surface area (Å²) >= 11 is 0. The minimum absolute atomic E-state index is 0.0209. The molecule has 0 radical (unpaired) electrons. The van der Waals surface area contributed by atoms with Crippen molar-refractivity contribution in [3.05, 3.63) is 0 Å². The number of carbonyl (C=O) groups is 2. The molecule has 1 heterocycles. The highest BCUT2D eigenvalue weighted by molar-refractivity contribution is 5.81. The third kappa shape index (κ3) is 5.00. The van der Waals surface area contributed by atoms with Crippen LogP contribution < -0.4 is 5.73 Å². The van der Waals surface area contributed by atoms with Crippen LogP contribution in [0, 0.1) is 5.92 Å². The van der Waals surface area contributed by atoms with Gasteiger partial charge in [0.25, 0.3) is 0 Å². The normalized spacial score (nSPS) is 20.7. The van der Waals surface area contributed by atoms with E-state index in [4.69, 9.17) is 10.5 Å². The highest BCUT2D eigenvalue weighted by atomic mass is 16.6.